The van der Waals surface area contributed by atoms with E-state index in [0.29, 0.717) is 26.2 Å². The molecular formula is C43H63NO3. The van der Waals surface area contributed by atoms with Crippen molar-refractivity contribution in [3.8, 4) is 0 Å². The van der Waals surface area contributed by atoms with Gasteiger partial charge in [-0.15, -0.1) is 0 Å². The molecule has 258 valence electrons. The lowest BCUT2D eigenvalue weighted by Crippen LogP contribution is -2.41. The smallest absolute Gasteiger partial charge is 0.220 e. The highest BCUT2D eigenvalue weighted by molar-refractivity contribution is 5.75. The van der Waals surface area contributed by atoms with Crippen LogP contribution in [0.15, 0.2) is 91.0 Å². The predicted octanol–water partition coefficient (Wildman–Crippen LogP) is 11.2. The highest BCUT2D eigenvalue weighted by atomic mass is 16.5. The van der Waals surface area contributed by atoms with Crippen LogP contribution in [0.2, 0.25) is 0 Å². The second-order valence-electron chi connectivity index (χ2n) is 13.1. The minimum atomic E-state index is -0.813. The Morgan fingerprint density at radius 1 is 0.574 bits per heavy atom. The van der Waals surface area contributed by atoms with Gasteiger partial charge in [-0.1, -0.05) is 195 Å². The van der Waals surface area contributed by atoms with E-state index in [0.717, 1.165) is 42.4 Å². The van der Waals surface area contributed by atoms with E-state index in [1.807, 2.05) is 18.2 Å². The third kappa shape index (κ3) is 14.4. The van der Waals surface area contributed by atoms with Crippen molar-refractivity contribution in [3.05, 3.63) is 108 Å². The van der Waals surface area contributed by atoms with E-state index in [1.54, 1.807) is 0 Å². The van der Waals surface area contributed by atoms with Crippen LogP contribution in [0, 0.1) is 0 Å². The summed E-state index contributed by atoms with van der Waals surface area (Å²) in [6.07, 6.45) is 20.3. The van der Waals surface area contributed by atoms with Crippen LogP contribution in [-0.2, 0) is 19.9 Å². The van der Waals surface area contributed by atoms with E-state index in [4.69, 9.17) is 9.47 Å². The van der Waals surface area contributed by atoms with Crippen molar-refractivity contribution in [3.63, 3.8) is 0 Å². The van der Waals surface area contributed by atoms with E-state index >= 15 is 0 Å². The molecule has 1 atom stereocenters. The Hall–Kier alpha value is -2.95. The Kier molecular flexibility index (Phi) is 19.8. The first-order valence-electron chi connectivity index (χ1n) is 18.9. The number of ether oxygens (including phenoxy) is 2. The summed E-state index contributed by atoms with van der Waals surface area (Å²) in [5.74, 6) is 0.109. The van der Waals surface area contributed by atoms with Crippen LogP contribution in [0.3, 0.4) is 0 Å². The fourth-order valence-corrected chi connectivity index (χ4v) is 6.37. The van der Waals surface area contributed by atoms with Gasteiger partial charge >= 0.3 is 0 Å². The lowest BCUT2D eigenvalue weighted by molar-refractivity contribution is -0.122. The molecule has 0 heterocycles. The zero-order valence-corrected chi connectivity index (χ0v) is 29.6. The molecule has 3 aromatic carbocycles. The highest BCUT2D eigenvalue weighted by Gasteiger charge is 2.38. The Balaban J connectivity index is 1.60. The number of amides is 1. The molecule has 0 bridgehead atoms. The first-order chi connectivity index (χ1) is 23.2. The SMILES string of the molecule is CCCCCCCCCCCCCC(=O)NCC(COC(c1ccccc1)(c1ccccc1)c1ccccc1)OCCCCCCC. The van der Waals surface area contributed by atoms with Crippen molar-refractivity contribution >= 4 is 5.91 Å². The average molecular weight is 642 g/mol. The van der Waals surface area contributed by atoms with E-state index in [9.17, 15) is 4.79 Å². The largest absolute Gasteiger partial charge is 0.374 e. The Morgan fingerprint density at radius 2 is 0.979 bits per heavy atom. The van der Waals surface area contributed by atoms with E-state index in [1.165, 1.54) is 77.0 Å². The second-order valence-corrected chi connectivity index (χ2v) is 13.1. The Labute approximate surface area is 287 Å². The molecule has 3 aromatic rings. The lowest BCUT2D eigenvalue weighted by Gasteiger charge is -2.37. The molecule has 0 saturated heterocycles. The van der Waals surface area contributed by atoms with Gasteiger partial charge in [-0.25, -0.2) is 0 Å². The predicted molar refractivity (Wildman–Crippen MR) is 198 cm³/mol. The van der Waals surface area contributed by atoms with Gasteiger partial charge in [0.05, 0.1) is 12.7 Å². The van der Waals surface area contributed by atoms with Gasteiger partial charge < -0.3 is 14.8 Å². The number of carbonyl (C=O) groups excluding carboxylic acids is 1. The molecule has 0 spiro atoms. The number of nitrogens with one attached hydrogen (secondary N) is 1. The summed E-state index contributed by atoms with van der Waals surface area (Å²) in [7, 11) is 0. The molecular weight excluding hydrogens is 578 g/mol. The summed E-state index contributed by atoms with van der Waals surface area (Å²) in [6, 6.07) is 31.4. The zero-order valence-electron chi connectivity index (χ0n) is 29.6. The molecule has 1 amide bonds. The van der Waals surface area contributed by atoms with Crippen molar-refractivity contribution in [2.75, 3.05) is 19.8 Å². The quantitative estimate of drug-likeness (QED) is 0.0665. The standard InChI is InChI=1S/C43H63NO3/c1-3-5-7-9-10-11-12-13-14-15-26-34-42(45)44-36-41(46-35-27-16-8-6-4-2)37-47-43(38-28-20-17-21-29-38,39-30-22-18-23-31-39)40-32-24-19-25-33-40/h17-25,28-33,41H,3-16,26-27,34-37H2,1-2H3,(H,44,45). The zero-order chi connectivity index (χ0) is 33.3. The molecule has 0 radical (unpaired) electrons. The van der Waals surface area contributed by atoms with Gasteiger partial charge in [0.1, 0.15) is 5.60 Å². The maximum atomic E-state index is 12.9. The fraction of sp³-hybridized carbons (Fsp3) is 0.558. The van der Waals surface area contributed by atoms with Crippen molar-refractivity contribution in [1.29, 1.82) is 0 Å². The molecule has 4 nitrogen and oxygen atoms in total. The number of hydrogen-bond acceptors (Lipinski definition) is 3. The second kappa shape index (κ2) is 24.2. The van der Waals surface area contributed by atoms with Crippen LogP contribution >= 0.6 is 0 Å². The Bertz CT molecular complexity index is 1070. The topological polar surface area (TPSA) is 47.6 Å². The van der Waals surface area contributed by atoms with Gasteiger partial charge in [-0.2, -0.15) is 0 Å². The summed E-state index contributed by atoms with van der Waals surface area (Å²) in [5, 5.41) is 3.19. The summed E-state index contributed by atoms with van der Waals surface area (Å²) >= 11 is 0. The van der Waals surface area contributed by atoms with E-state index < -0.39 is 5.60 Å². The van der Waals surface area contributed by atoms with Crippen LogP contribution in [-0.4, -0.2) is 31.8 Å². The highest BCUT2D eigenvalue weighted by Crippen LogP contribution is 2.40. The molecule has 47 heavy (non-hydrogen) atoms. The summed E-state index contributed by atoms with van der Waals surface area (Å²) in [5.41, 5.74) is 2.38. The number of hydrogen-bond donors (Lipinski definition) is 1. The minimum absolute atomic E-state index is 0.109. The van der Waals surface area contributed by atoms with E-state index in [2.05, 4.69) is 92.0 Å². The molecule has 1 unspecified atom stereocenters. The molecule has 0 aliphatic heterocycles. The maximum absolute atomic E-state index is 12.9. The average Bonchev–Trinajstić information content (AvgIpc) is 3.12. The van der Waals surface area contributed by atoms with Crippen LogP contribution in [0.25, 0.3) is 0 Å². The van der Waals surface area contributed by atoms with Gasteiger partial charge in [0, 0.05) is 19.6 Å². The monoisotopic (exact) mass is 641 g/mol. The minimum Gasteiger partial charge on any atom is -0.374 e. The van der Waals surface area contributed by atoms with Crippen LogP contribution in [0.1, 0.15) is 140 Å². The number of benzene rings is 3. The molecule has 0 fully saturated rings. The number of unbranched alkanes of at least 4 members (excludes halogenated alkanes) is 14. The lowest BCUT2D eigenvalue weighted by atomic mass is 9.80. The van der Waals surface area contributed by atoms with Gasteiger partial charge in [0.15, 0.2) is 0 Å². The van der Waals surface area contributed by atoms with Crippen LogP contribution in [0.4, 0.5) is 0 Å². The maximum Gasteiger partial charge on any atom is 0.220 e. The Morgan fingerprint density at radius 3 is 1.43 bits per heavy atom. The molecule has 0 aliphatic carbocycles. The fourth-order valence-electron chi connectivity index (χ4n) is 6.37. The molecule has 0 saturated carbocycles. The molecule has 4 heteroatoms. The van der Waals surface area contributed by atoms with Crippen molar-refractivity contribution in [2.45, 2.75) is 135 Å². The van der Waals surface area contributed by atoms with E-state index in [-0.39, 0.29) is 12.0 Å². The first-order valence-corrected chi connectivity index (χ1v) is 18.9. The summed E-state index contributed by atoms with van der Waals surface area (Å²) < 4.78 is 13.5. The van der Waals surface area contributed by atoms with Gasteiger partial charge in [-0.05, 0) is 29.5 Å². The van der Waals surface area contributed by atoms with Crippen molar-refractivity contribution in [1.82, 2.24) is 5.32 Å². The molecule has 0 aromatic heterocycles. The number of carbonyl (C=O) groups is 1. The molecule has 0 aliphatic rings. The van der Waals surface area contributed by atoms with Gasteiger partial charge in [0.25, 0.3) is 0 Å². The van der Waals surface area contributed by atoms with Crippen LogP contribution < -0.4 is 5.32 Å². The first kappa shape index (κ1) is 38.5. The molecule has 1 N–H and O–H groups in total. The van der Waals surface area contributed by atoms with Crippen LogP contribution in [0.5, 0.6) is 0 Å². The van der Waals surface area contributed by atoms with Gasteiger partial charge in [0.2, 0.25) is 5.91 Å². The number of rotatable bonds is 27. The molecule has 3 rings (SSSR count). The third-order valence-corrected chi connectivity index (χ3v) is 9.16. The third-order valence-electron chi connectivity index (χ3n) is 9.16. The van der Waals surface area contributed by atoms with Gasteiger partial charge in [-0.3, -0.25) is 4.79 Å². The van der Waals surface area contributed by atoms with Crippen molar-refractivity contribution in [2.24, 2.45) is 0 Å². The summed E-state index contributed by atoms with van der Waals surface area (Å²) in [6.45, 7) is 5.97. The summed E-state index contributed by atoms with van der Waals surface area (Å²) in [4.78, 5) is 12.9. The van der Waals surface area contributed by atoms with Crippen molar-refractivity contribution < 1.29 is 14.3 Å². The normalized spacial score (nSPS) is 12.2.